The van der Waals surface area contributed by atoms with Gasteiger partial charge in [-0.1, -0.05) is 18.7 Å². The number of halogens is 2. The third kappa shape index (κ3) is 6.70. The predicted molar refractivity (Wildman–Crippen MR) is 141 cm³/mol. The number of benzene rings is 1. The summed E-state index contributed by atoms with van der Waals surface area (Å²) in [6.45, 7) is 7.50. The number of likely N-dealkylation sites (N-methyl/N-ethyl adjacent to an activating group) is 1. The van der Waals surface area contributed by atoms with Gasteiger partial charge in [-0.2, -0.15) is 0 Å². The third-order valence-corrected chi connectivity index (χ3v) is 6.53. The fourth-order valence-electron chi connectivity index (χ4n) is 4.27. The molecular formula is C29H34F2N2O4. The first-order valence-electron chi connectivity index (χ1n) is 12.2. The Bertz CT molecular complexity index is 1190. The molecule has 0 atom stereocenters. The van der Waals surface area contributed by atoms with Crippen LogP contribution in [0.2, 0.25) is 0 Å². The Morgan fingerprint density at radius 2 is 2.03 bits per heavy atom. The summed E-state index contributed by atoms with van der Waals surface area (Å²) in [7, 11) is 1.59. The number of pyridine rings is 1. The number of hydrogen-bond donors (Lipinski definition) is 1. The molecule has 1 aliphatic heterocycles. The minimum Gasteiger partial charge on any atom is -0.475 e. The highest BCUT2D eigenvalue weighted by atomic mass is 19.1. The van der Waals surface area contributed by atoms with Crippen molar-refractivity contribution in [3.63, 3.8) is 0 Å². The van der Waals surface area contributed by atoms with Crippen LogP contribution in [0.15, 0.2) is 66.5 Å². The number of nitrogens with zero attached hydrogens (tertiary/aromatic N) is 2. The number of aryl methyl sites for hydroxylation is 1. The Kier molecular flexibility index (Phi) is 9.72. The van der Waals surface area contributed by atoms with Gasteiger partial charge in [0.2, 0.25) is 5.88 Å². The van der Waals surface area contributed by atoms with E-state index in [0.29, 0.717) is 37.4 Å². The molecule has 0 unspecified atom stereocenters. The summed E-state index contributed by atoms with van der Waals surface area (Å²) in [5.74, 6) is -0.725. The van der Waals surface area contributed by atoms with Crippen molar-refractivity contribution in [2.45, 2.75) is 32.1 Å². The molecule has 37 heavy (non-hydrogen) atoms. The number of ether oxygens (including phenoxy) is 2. The van der Waals surface area contributed by atoms with Gasteiger partial charge in [-0.25, -0.2) is 9.37 Å². The van der Waals surface area contributed by atoms with Crippen molar-refractivity contribution >= 4 is 11.6 Å². The van der Waals surface area contributed by atoms with Crippen LogP contribution in [0.4, 0.5) is 14.5 Å². The molecule has 0 saturated carbocycles. The summed E-state index contributed by atoms with van der Waals surface area (Å²) in [5.41, 5.74) is 2.84. The lowest BCUT2D eigenvalue weighted by Gasteiger charge is -2.34. The Hall–Kier alpha value is -3.36. The quantitative estimate of drug-likeness (QED) is 0.341. The molecule has 2 heterocycles. The molecule has 1 aromatic carbocycles. The lowest BCUT2D eigenvalue weighted by Crippen LogP contribution is -2.36. The summed E-state index contributed by atoms with van der Waals surface area (Å²) in [6, 6.07) is 9.11. The molecule has 198 valence electrons. The van der Waals surface area contributed by atoms with Crippen LogP contribution < -0.4 is 9.64 Å². The van der Waals surface area contributed by atoms with E-state index in [-0.39, 0.29) is 24.7 Å². The maximum atomic E-state index is 14.4. The molecule has 0 bridgehead atoms. The van der Waals surface area contributed by atoms with E-state index in [4.69, 9.17) is 9.47 Å². The number of aromatic nitrogens is 1. The molecule has 1 saturated heterocycles. The fraction of sp³-hybridized carbons (Fsp3) is 0.379. The van der Waals surface area contributed by atoms with Crippen LogP contribution in [0, 0.1) is 6.92 Å². The Morgan fingerprint density at radius 1 is 1.30 bits per heavy atom. The minimum atomic E-state index is -0.787. The molecule has 8 heteroatoms. The number of hydrogen-bond acceptors (Lipinski definition) is 5. The number of carbonyl (C=O) groups is 1. The second-order valence-corrected chi connectivity index (χ2v) is 9.10. The molecule has 0 spiro atoms. The lowest BCUT2D eigenvalue weighted by molar-refractivity contribution is -0.114. The van der Waals surface area contributed by atoms with Gasteiger partial charge < -0.3 is 19.5 Å². The smallest absolute Gasteiger partial charge is 0.257 e. The topological polar surface area (TPSA) is 71.9 Å². The summed E-state index contributed by atoms with van der Waals surface area (Å²) < 4.78 is 39.4. The third-order valence-electron chi connectivity index (χ3n) is 6.53. The summed E-state index contributed by atoms with van der Waals surface area (Å²) >= 11 is 0. The number of anilines is 1. The van der Waals surface area contributed by atoms with Crippen molar-refractivity contribution in [2.24, 2.45) is 0 Å². The summed E-state index contributed by atoms with van der Waals surface area (Å²) in [4.78, 5) is 18.9. The maximum Gasteiger partial charge on any atom is 0.257 e. The van der Waals surface area contributed by atoms with Crippen LogP contribution in [0.25, 0.3) is 11.1 Å². The van der Waals surface area contributed by atoms with Crippen LogP contribution in [0.1, 0.15) is 31.0 Å². The number of aliphatic hydroxyl groups is 1. The Labute approximate surface area is 216 Å². The molecule has 1 aromatic heterocycles. The van der Waals surface area contributed by atoms with Gasteiger partial charge in [0, 0.05) is 43.0 Å². The molecule has 1 aliphatic rings. The predicted octanol–water partition coefficient (Wildman–Crippen LogP) is 5.39. The molecule has 1 N–H and O–H groups in total. The number of carbonyl (C=O) groups excluding carboxylic acids is 1. The Morgan fingerprint density at radius 3 is 2.68 bits per heavy atom. The van der Waals surface area contributed by atoms with Gasteiger partial charge in [-0.15, -0.1) is 0 Å². The van der Waals surface area contributed by atoms with Crippen molar-refractivity contribution in [3.8, 4) is 17.0 Å². The first-order valence-corrected chi connectivity index (χ1v) is 12.2. The van der Waals surface area contributed by atoms with E-state index in [2.05, 4.69) is 11.6 Å². The van der Waals surface area contributed by atoms with E-state index in [9.17, 15) is 18.7 Å². The molecular weight excluding hydrogens is 478 g/mol. The zero-order chi connectivity index (χ0) is 27.0. The van der Waals surface area contributed by atoms with E-state index in [1.807, 2.05) is 25.1 Å². The highest BCUT2D eigenvalue weighted by Crippen LogP contribution is 2.38. The van der Waals surface area contributed by atoms with Gasteiger partial charge >= 0.3 is 0 Å². The van der Waals surface area contributed by atoms with Crippen LogP contribution in [-0.2, 0) is 14.9 Å². The number of alkyl halides is 1. The number of rotatable bonds is 10. The summed E-state index contributed by atoms with van der Waals surface area (Å²) in [5, 5.41) is 9.25. The van der Waals surface area contributed by atoms with Crippen molar-refractivity contribution in [3.05, 3.63) is 77.8 Å². The van der Waals surface area contributed by atoms with Crippen molar-refractivity contribution < 1.29 is 28.2 Å². The molecule has 6 nitrogen and oxygen atoms in total. The Balaban J connectivity index is 2.03. The average Bonchev–Trinajstić information content (AvgIpc) is 2.91. The molecule has 3 rings (SSSR count). The second kappa shape index (κ2) is 12.7. The normalized spacial score (nSPS) is 15.6. The monoisotopic (exact) mass is 512 g/mol. The van der Waals surface area contributed by atoms with Crippen LogP contribution in [0.3, 0.4) is 0 Å². The van der Waals surface area contributed by atoms with Gasteiger partial charge in [0.05, 0.1) is 12.3 Å². The van der Waals surface area contributed by atoms with Gasteiger partial charge in [-0.3, -0.25) is 9.18 Å². The van der Waals surface area contributed by atoms with Gasteiger partial charge in [0.25, 0.3) is 5.91 Å². The first-order chi connectivity index (χ1) is 17.7. The van der Waals surface area contributed by atoms with Gasteiger partial charge in [0.15, 0.2) is 0 Å². The summed E-state index contributed by atoms with van der Waals surface area (Å²) in [6.07, 6.45) is 4.87. The molecule has 0 aliphatic carbocycles. The zero-order valence-electron chi connectivity index (χ0n) is 21.6. The molecule has 1 fully saturated rings. The number of amides is 1. The van der Waals surface area contributed by atoms with Crippen LogP contribution in [0.5, 0.6) is 5.88 Å². The van der Waals surface area contributed by atoms with E-state index in [0.717, 1.165) is 22.8 Å². The standard InChI is InChI=1S/C29H34F2N2O4/c1-5-6-23(31)15-21(3)28(35)33(4)24-8-7-20(2)25(18-24)22-16-26(32-27(17-22)37-14-11-34)29(19-30)9-12-36-13-10-29/h5-8,15-18,34H,3,9-14,19H2,1-2,4H3/b6-5-,23-15+. The number of allylic oxidation sites excluding steroid dienone is 3. The van der Waals surface area contributed by atoms with Crippen LogP contribution in [-0.4, -0.2) is 56.1 Å². The zero-order valence-corrected chi connectivity index (χ0v) is 21.6. The van der Waals surface area contributed by atoms with Crippen molar-refractivity contribution in [2.75, 3.05) is 45.0 Å². The average molecular weight is 513 g/mol. The molecule has 1 amide bonds. The van der Waals surface area contributed by atoms with E-state index < -0.39 is 23.8 Å². The molecule has 2 aromatic rings. The SMILES string of the molecule is C=C(/C=C(F)\C=C/C)C(=O)N(C)c1ccc(C)c(-c2cc(OCCO)nc(C3(CF)CCOCC3)c2)c1. The second-order valence-electron chi connectivity index (χ2n) is 9.10. The van der Waals surface area contributed by atoms with Crippen LogP contribution >= 0.6 is 0 Å². The minimum absolute atomic E-state index is 0.00974. The molecule has 0 radical (unpaired) electrons. The maximum absolute atomic E-state index is 14.4. The van der Waals surface area contributed by atoms with E-state index in [1.54, 1.807) is 26.1 Å². The van der Waals surface area contributed by atoms with E-state index >= 15 is 0 Å². The first kappa shape index (κ1) is 28.2. The van der Waals surface area contributed by atoms with Gasteiger partial charge in [0.1, 0.15) is 19.1 Å². The van der Waals surface area contributed by atoms with E-state index in [1.165, 1.54) is 17.1 Å². The van der Waals surface area contributed by atoms with Gasteiger partial charge in [-0.05, 0) is 73.7 Å². The highest BCUT2D eigenvalue weighted by molar-refractivity contribution is 6.07. The van der Waals surface area contributed by atoms with Crippen molar-refractivity contribution in [1.82, 2.24) is 4.98 Å². The highest BCUT2D eigenvalue weighted by Gasteiger charge is 2.37. The lowest BCUT2D eigenvalue weighted by atomic mass is 9.77. The van der Waals surface area contributed by atoms with Crippen molar-refractivity contribution in [1.29, 1.82) is 0 Å². The largest absolute Gasteiger partial charge is 0.475 e. The fourth-order valence-corrected chi connectivity index (χ4v) is 4.27. The number of aliphatic hydroxyl groups excluding tert-OH is 1.